The van der Waals surface area contributed by atoms with E-state index in [1.54, 1.807) is 11.3 Å². The van der Waals surface area contributed by atoms with Crippen molar-refractivity contribution in [3.8, 4) is 0 Å². The highest BCUT2D eigenvalue weighted by molar-refractivity contribution is 7.07. The summed E-state index contributed by atoms with van der Waals surface area (Å²) in [5, 5.41) is 7.08. The molecule has 0 saturated carbocycles. The van der Waals surface area contributed by atoms with Crippen molar-refractivity contribution in [2.75, 3.05) is 5.32 Å². The van der Waals surface area contributed by atoms with Gasteiger partial charge in [-0.1, -0.05) is 18.2 Å². The van der Waals surface area contributed by atoms with Gasteiger partial charge in [-0.2, -0.15) is 11.3 Å². The Morgan fingerprint density at radius 1 is 1.25 bits per heavy atom. The molecule has 1 aromatic carbocycles. The van der Waals surface area contributed by atoms with Crippen LogP contribution in [0, 0.1) is 0 Å². The summed E-state index contributed by atoms with van der Waals surface area (Å²) in [5.74, 6) is 0.0956. The summed E-state index contributed by atoms with van der Waals surface area (Å²) in [5.41, 5.74) is 3.33. The normalized spacial score (nSPS) is 18.2. The lowest BCUT2D eigenvalue weighted by atomic mass is 9.94. The lowest BCUT2D eigenvalue weighted by molar-refractivity contribution is -0.117. The van der Waals surface area contributed by atoms with Gasteiger partial charge in [0.15, 0.2) is 0 Å². The number of carbonyl (C=O) groups is 1. The third kappa shape index (κ3) is 1.53. The molecule has 2 nitrogen and oxygen atoms in total. The molecule has 3 heteroatoms. The topological polar surface area (TPSA) is 29.1 Å². The average Bonchev–Trinajstić information content (AvgIpc) is 2.89. The molecule has 1 aromatic heterocycles. The van der Waals surface area contributed by atoms with E-state index in [-0.39, 0.29) is 11.8 Å². The molecule has 80 valence electrons. The molecule has 0 spiro atoms. The molecule has 0 unspecified atom stereocenters. The number of benzene rings is 1. The number of para-hydroxylation sites is 1. The van der Waals surface area contributed by atoms with Gasteiger partial charge in [0.2, 0.25) is 5.91 Å². The van der Waals surface area contributed by atoms with Crippen LogP contribution in [0.5, 0.6) is 0 Å². The summed E-state index contributed by atoms with van der Waals surface area (Å²) < 4.78 is 0. The van der Waals surface area contributed by atoms with Crippen LogP contribution in [0.2, 0.25) is 0 Å². The zero-order valence-electron chi connectivity index (χ0n) is 8.64. The maximum absolute atomic E-state index is 11.8. The molecule has 0 bridgehead atoms. The highest BCUT2D eigenvalue weighted by atomic mass is 32.1. The Hall–Kier alpha value is -1.61. The Balaban J connectivity index is 1.93. The highest BCUT2D eigenvalue weighted by Gasteiger charge is 2.29. The predicted molar refractivity (Wildman–Crippen MR) is 65.8 cm³/mol. The number of carbonyl (C=O) groups excluding carboxylic acids is 1. The Labute approximate surface area is 97.9 Å². The molecule has 1 aliphatic heterocycles. The largest absolute Gasteiger partial charge is 0.325 e. The number of thiophene rings is 1. The molecule has 1 aliphatic rings. The van der Waals surface area contributed by atoms with Crippen molar-refractivity contribution < 1.29 is 4.79 Å². The standard InChI is InChI=1S/C13H11NOS/c15-13-11(7-9-5-6-16-8-9)10-3-1-2-4-12(10)14-13/h1-6,8,11H,7H2,(H,14,15)/t11-/m1/s1. The minimum atomic E-state index is -0.0224. The smallest absolute Gasteiger partial charge is 0.232 e. The molecule has 2 aromatic rings. The third-order valence-corrected chi connectivity index (χ3v) is 3.66. The number of amides is 1. The Morgan fingerprint density at radius 2 is 2.12 bits per heavy atom. The molecular formula is C13H11NOS. The van der Waals surface area contributed by atoms with Crippen molar-refractivity contribution in [2.45, 2.75) is 12.3 Å². The van der Waals surface area contributed by atoms with Gasteiger partial charge in [0.05, 0.1) is 5.92 Å². The van der Waals surface area contributed by atoms with E-state index in [1.807, 2.05) is 29.6 Å². The van der Waals surface area contributed by atoms with Gasteiger partial charge in [0.1, 0.15) is 0 Å². The zero-order chi connectivity index (χ0) is 11.0. The number of nitrogens with one attached hydrogen (secondary N) is 1. The molecule has 1 atom stereocenters. The minimum Gasteiger partial charge on any atom is -0.325 e. The van der Waals surface area contributed by atoms with Gasteiger partial charge in [0.25, 0.3) is 0 Å². The van der Waals surface area contributed by atoms with Crippen LogP contribution < -0.4 is 5.32 Å². The molecule has 0 aliphatic carbocycles. The Kier molecular flexibility index (Phi) is 2.26. The average molecular weight is 229 g/mol. The summed E-state index contributed by atoms with van der Waals surface area (Å²) in [6.07, 6.45) is 0.798. The molecule has 2 heterocycles. The van der Waals surface area contributed by atoms with Gasteiger partial charge >= 0.3 is 0 Å². The van der Waals surface area contributed by atoms with Gasteiger partial charge < -0.3 is 5.32 Å². The first-order chi connectivity index (χ1) is 7.84. The van der Waals surface area contributed by atoms with E-state index >= 15 is 0 Å². The maximum Gasteiger partial charge on any atom is 0.232 e. The number of anilines is 1. The van der Waals surface area contributed by atoms with E-state index in [9.17, 15) is 4.79 Å². The monoisotopic (exact) mass is 229 g/mol. The zero-order valence-corrected chi connectivity index (χ0v) is 9.46. The Bertz CT molecular complexity index is 518. The fourth-order valence-electron chi connectivity index (χ4n) is 2.12. The van der Waals surface area contributed by atoms with Gasteiger partial charge in [0, 0.05) is 5.69 Å². The minimum absolute atomic E-state index is 0.0224. The fraction of sp³-hybridized carbons (Fsp3) is 0.154. The Morgan fingerprint density at radius 3 is 2.94 bits per heavy atom. The van der Waals surface area contributed by atoms with Crippen LogP contribution in [0.3, 0.4) is 0 Å². The number of fused-ring (bicyclic) bond motifs is 1. The summed E-state index contributed by atoms with van der Waals surface area (Å²) in [6, 6.07) is 10.0. The van der Waals surface area contributed by atoms with Crippen LogP contribution in [0.15, 0.2) is 41.1 Å². The van der Waals surface area contributed by atoms with Crippen LogP contribution in [0.1, 0.15) is 17.0 Å². The van der Waals surface area contributed by atoms with Crippen LogP contribution in [0.4, 0.5) is 5.69 Å². The van der Waals surface area contributed by atoms with Crippen molar-refractivity contribution in [1.29, 1.82) is 0 Å². The SMILES string of the molecule is O=C1Nc2ccccc2[C@H]1Cc1ccsc1. The molecule has 0 saturated heterocycles. The van der Waals surface area contributed by atoms with Gasteiger partial charge in [-0.25, -0.2) is 0 Å². The number of hydrogen-bond donors (Lipinski definition) is 1. The van der Waals surface area contributed by atoms with Crippen molar-refractivity contribution >= 4 is 22.9 Å². The molecule has 3 rings (SSSR count). The fourth-order valence-corrected chi connectivity index (χ4v) is 2.80. The second kappa shape index (κ2) is 3.76. The second-order valence-corrected chi connectivity index (χ2v) is 4.74. The molecular weight excluding hydrogens is 218 g/mol. The van der Waals surface area contributed by atoms with Crippen LogP contribution in [-0.2, 0) is 11.2 Å². The van der Waals surface area contributed by atoms with Crippen molar-refractivity contribution in [2.24, 2.45) is 0 Å². The molecule has 1 N–H and O–H groups in total. The number of rotatable bonds is 2. The summed E-state index contributed by atoms with van der Waals surface area (Å²) in [4.78, 5) is 11.8. The van der Waals surface area contributed by atoms with E-state index < -0.39 is 0 Å². The first-order valence-electron chi connectivity index (χ1n) is 5.25. The van der Waals surface area contributed by atoms with Crippen molar-refractivity contribution in [3.63, 3.8) is 0 Å². The van der Waals surface area contributed by atoms with E-state index in [0.717, 1.165) is 17.7 Å². The lowest BCUT2D eigenvalue weighted by Gasteiger charge is -2.06. The quantitative estimate of drug-likeness (QED) is 0.842. The third-order valence-electron chi connectivity index (χ3n) is 2.93. The summed E-state index contributed by atoms with van der Waals surface area (Å²) in [7, 11) is 0. The molecule has 16 heavy (non-hydrogen) atoms. The van der Waals surface area contributed by atoms with Gasteiger partial charge in [-0.15, -0.1) is 0 Å². The van der Waals surface area contributed by atoms with Gasteiger partial charge in [-0.3, -0.25) is 4.79 Å². The predicted octanol–water partition coefficient (Wildman–Crippen LogP) is 3.03. The molecule has 1 amide bonds. The first kappa shape index (κ1) is 9.60. The second-order valence-electron chi connectivity index (χ2n) is 3.96. The van der Waals surface area contributed by atoms with Crippen molar-refractivity contribution in [3.05, 3.63) is 52.2 Å². The highest BCUT2D eigenvalue weighted by Crippen LogP contribution is 2.34. The van der Waals surface area contributed by atoms with E-state index in [4.69, 9.17) is 0 Å². The molecule has 0 radical (unpaired) electrons. The maximum atomic E-state index is 11.8. The van der Waals surface area contributed by atoms with E-state index in [2.05, 4.69) is 16.8 Å². The van der Waals surface area contributed by atoms with Gasteiger partial charge in [-0.05, 0) is 40.4 Å². The summed E-state index contributed by atoms with van der Waals surface area (Å²) >= 11 is 1.67. The first-order valence-corrected chi connectivity index (χ1v) is 6.20. The lowest BCUT2D eigenvalue weighted by Crippen LogP contribution is -2.13. The number of hydrogen-bond acceptors (Lipinski definition) is 2. The van der Waals surface area contributed by atoms with E-state index in [0.29, 0.717) is 0 Å². The van der Waals surface area contributed by atoms with Crippen LogP contribution in [0.25, 0.3) is 0 Å². The molecule has 0 fully saturated rings. The van der Waals surface area contributed by atoms with Crippen LogP contribution in [-0.4, -0.2) is 5.91 Å². The summed E-state index contributed by atoms with van der Waals surface area (Å²) in [6.45, 7) is 0. The van der Waals surface area contributed by atoms with Crippen LogP contribution >= 0.6 is 11.3 Å². The van der Waals surface area contributed by atoms with Crippen molar-refractivity contribution in [1.82, 2.24) is 0 Å². The van der Waals surface area contributed by atoms with E-state index in [1.165, 1.54) is 5.56 Å².